The van der Waals surface area contributed by atoms with E-state index in [9.17, 15) is 4.79 Å². The molecular weight excluding hydrogens is 248 g/mol. The van der Waals surface area contributed by atoms with Gasteiger partial charge in [-0.05, 0) is 34.5 Å². The molecule has 0 radical (unpaired) electrons. The topological polar surface area (TPSA) is 26.3 Å². The summed E-state index contributed by atoms with van der Waals surface area (Å²) < 4.78 is 5.73. The number of carbonyl (C=O) groups is 1. The first-order chi connectivity index (χ1) is 9.86. The zero-order valence-corrected chi connectivity index (χ0v) is 11.0. The highest BCUT2D eigenvalue weighted by molar-refractivity contribution is 5.83. The van der Waals surface area contributed by atoms with Crippen molar-refractivity contribution < 1.29 is 9.53 Å². The van der Waals surface area contributed by atoms with Crippen LogP contribution in [-0.4, -0.2) is 6.29 Å². The molecular formula is C18H14O2. The number of hydrogen-bond acceptors (Lipinski definition) is 2. The second-order valence-electron chi connectivity index (χ2n) is 4.63. The van der Waals surface area contributed by atoms with Crippen molar-refractivity contribution in [2.45, 2.75) is 6.61 Å². The highest BCUT2D eigenvalue weighted by Crippen LogP contribution is 2.20. The predicted molar refractivity (Wildman–Crippen MR) is 80.1 cm³/mol. The third-order valence-electron chi connectivity index (χ3n) is 3.25. The van der Waals surface area contributed by atoms with E-state index in [0.29, 0.717) is 17.9 Å². The Hall–Kier alpha value is -2.61. The van der Waals surface area contributed by atoms with Gasteiger partial charge in [0.25, 0.3) is 0 Å². The highest BCUT2D eigenvalue weighted by Gasteiger charge is 2.02. The maximum Gasteiger partial charge on any atom is 0.153 e. The largest absolute Gasteiger partial charge is 0.488 e. The maximum absolute atomic E-state index is 10.9. The first-order valence-corrected chi connectivity index (χ1v) is 6.51. The molecule has 98 valence electrons. The van der Waals surface area contributed by atoms with E-state index in [-0.39, 0.29) is 0 Å². The van der Waals surface area contributed by atoms with Gasteiger partial charge in [0.2, 0.25) is 0 Å². The summed E-state index contributed by atoms with van der Waals surface area (Å²) in [6, 6.07) is 21.7. The van der Waals surface area contributed by atoms with Crippen molar-refractivity contribution >= 4 is 17.1 Å². The minimum absolute atomic E-state index is 0.454. The molecule has 3 rings (SSSR count). The van der Waals surface area contributed by atoms with Gasteiger partial charge in [0.05, 0.1) is 5.56 Å². The molecule has 0 aliphatic rings. The minimum atomic E-state index is 0.454. The monoisotopic (exact) mass is 262 g/mol. The lowest BCUT2D eigenvalue weighted by molar-refractivity contribution is 0.111. The van der Waals surface area contributed by atoms with Crippen molar-refractivity contribution in [1.82, 2.24) is 0 Å². The zero-order valence-electron chi connectivity index (χ0n) is 11.0. The number of ether oxygens (including phenoxy) is 1. The molecule has 0 unspecified atom stereocenters. The van der Waals surface area contributed by atoms with E-state index in [1.165, 1.54) is 10.8 Å². The van der Waals surface area contributed by atoms with Gasteiger partial charge in [-0.2, -0.15) is 0 Å². The van der Waals surface area contributed by atoms with Gasteiger partial charge >= 0.3 is 0 Å². The standard InChI is InChI=1S/C18H14O2/c19-12-17-7-3-4-8-18(17)20-13-14-9-10-15-5-1-2-6-16(15)11-14/h1-12H,13H2. The molecule has 0 bridgehead atoms. The lowest BCUT2D eigenvalue weighted by atomic mass is 10.1. The number of fused-ring (bicyclic) bond motifs is 1. The van der Waals surface area contributed by atoms with E-state index in [0.717, 1.165) is 11.8 Å². The average molecular weight is 262 g/mol. The second-order valence-corrected chi connectivity index (χ2v) is 4.63. The predicted octanol–water partition coefficient (Wildman–Crippen LogP) is 4.23. The summed E-state index contributed by atoms with van der Waals surface area (Å²) in [6.45, 7) is 0.454. The number of benzene rings is 3. The van der Waals surface area contributed by atoms with Crippen LogP contribution in [0.25, 0.3) is 10.8 Å². The molecule has 0 atom stereocenters. The summed E-state index contributed by atoms with van der Waals surface area (Å²) in [5, 5.41) is 2.40. The quantitative estimate of drug-likeness (QED) is 0.658. The second kappa shape index (κ2) is 5.57. The van der Waals surface area contributed by atoms with E-state index < -0.39 is 0 Å². The Bertz CT molecular complexity index is 747. The van der Waals surface area contributed by atoms with Gasteiger partial charge in [0, 0.05) is 0 Å². The fraction of sp³-hybridized carbons (Fsp3) is 0.0556. The zero-order chi connectivity index (χ0) is 13.8. The van der Waals surface area contributed by atoms with Crippen molar-refractivity contribution in [2.75, 3.05) is 0 Å². The molecule has 0 saturated carbocycles. The summed E-state index contributed by atoms with van der Waals surface area (Å²) in [5.41, 5.74) is 1.66. The molecule has 0 amide bonds. The summed E-state index contributed by atoms with van der Waals surface area (Å²) in [6.07, 6.45) is 0.815. The summed E-state index contributed by atoms with van der Waals surface area (Å²) in [5.74, 6) is 0.621. The van der Waals surface area contributed by atoms with Crippen LogP contribution in [0.5, 0.6) is 5.75 Å². The van der Waals surface area contributed by atoms with Gasteiger partial charge < -0.3 is 4.74 Å². The van der Waals surface area contributed by atoms with Crippen LogP contribution in [0.4, 0.5) is 0 Å². The number of carbonyl (C=O) groups excluding carboxylic acids is 1. The van der Waals surface area contributed by atoms with Gasteiger partial charge in [0.1, 0.15) is 12.4 Å². The third kappa shape index (κ3) is 2.54. The Kier molecular flexibility index (Phi) is 3.46. The fourth-order valence-corrected chi connectivity index (χ4v) is 2.20. The molecule has 3 aromatic carbocycles. The van der Waals surface area contributed by atoms with Crippen LogP contribution in [0, 0.1) is 0 Å². The normalized spacial score (nSPS) is 10.4. The van der Waals surface area contributed by atoms with Crippen LogP contribution in [0.15, 0.2) is 66.7 Å². The Morgan fingerprint density at radius 2 is 1.60 bits per heavy atom. The van der Waals surface area contributed by atoms with E-state index >= 15 is 0 Å². The first-order valence-electron chi connectivity index (χ1n) is 6.51. The van der Waals surface area contributed by atoms with Crippen LogP contribution in [0.1, 0.15) is 15.9 Å². The number of aldehydes is 1. The van der Waals surface area contributed by atoms with Gasteiger partial charge in [-0.1, -0.05) is 48.5 Å². The number of rotatable bonds is 4. The van der Waals surface area contributed by atoms with E-state index in [2.05, 4.69) is 24.3 Å². The molecule has 2 heteroatoms. The molecule has 0 aliphatic carbocycles. The van der Waals surface area contributed by atoms with Crippen molar-refractivity contribution in [3.05, 3.63) is 77.9 Å². The Morgan fingerprint density at radius 1 is 0.850 bits per heavy atom. The molecule has 0 fully saturated rings. The SMILES string of the molecule is O=Cc1ccccc1OCc1ccc2ccccc2c1. The van der Waals surface area contributed by atoms with Crippen molar-refractivity contribution in [3.63, 3.8) is 0 Å². The lowest BCUT2D eigenvalue weighted by Crippen LogP contribution is -1.98. The van der Waals surface area contributed by atoms with Gasteiger partial charge in [0.15, 0.2) is 6.29 Å². The van der Waals surface area contributed by atoms with E-state index in [4.69, 9.17) is 4.74 Å². The van der Waals surface area contributed by atoms with Crippen molar-refractivity contribution in [1.29, 1.82) is 0 Å². The highest BCUT2D eigenvalue weighted by atomic mass is 16.5. The lowest BCUT2D eigenvalue weighted by Gasteiger charge is -2.09. The van der Waals surface area contributed by atoms with Crippen LogP contribution in [-0.2, 0) is 6.61 Å². The average Bonchev–Trinajstić information content (AvgIpc) is 2.53. The molecule has 0 aromatic heterocycles. The van der Waals surface area contributed by atoms with Crippen LogP contribution in [0.2, 0.25) is 0 Å². The van der Waals surface area contributed by atoms with Crippen LogP contribution in [0.3, 0.4) is 0 Å². The maximum atomic E-state index is 10.9. The van der Waals surface area contributed by atoms with Crippen LogP contribution < -0.4 is 4.74 Å². The molecule has 20 heavy (non-hydrogen) atoms. The minimum Gasteiger partial charge on any atom is -0.488 e. The molecule has 0 heterocycles. The van der Waals surface area contributed by atoms with Gasteiger partial charge in [-0.15, -0.1) is 0 Å². The molecule has 0 spiro atoms. The molecule has 2 nitrogen and oxygen atoms in total. The summed E-state index contributed by atoms with van der Waals surface area (Å²) in [4.78, 5) is 10.9. The molecule has 0 aliphatic heterocycles. The summed E-state index contributed by atoms with van der Waals surface area (Å²) >= 11 is 0. The summed E-state index contributed by atoms with van der Waals surface area (Å²) in [7, 11) is 0. The molecule has 0 N–H and O–H groups in total. The molecule has 0 saturated heterocycles. The van der Waals surface area contributed by atoms with Crippen molar-refractivity contribution in [2.24, 2.45) is 0 Å². The smallest absolute Gasteiger partial charge is 0.153 e. The van der Waals surface area contributed by atoms with Crippen LogP contribution >= 0.6 is 0 Å². The Balaban J connectivity index is 1.81. The van der Waals surface area contributed by atoms with E-state index in [1.54, 1.807) is 6.07 Å². The Morgan fingerprint density at radius 3 is 2.45 bits per heavy atom. The van der Waals surface area contributed by atoms with Gasteiger partial charge in [-0.25, -0.2) is 0 Å². The van der Waals surface area contributed by atoms with Gasteiger partial charge in [-0.3, -0.25) is 4.79 Å². The van der Waals surface area contributed by atoms with E-state index in [1.807, 2.05) is 36.4 Å². The van der Waals surface area contributed by atoms with Crippen molar-refractivity contribution in [3.8, 4) is 5.75 Å². The molecule has 3 aromatic rings. The Labute approximate surface area is 117 Å². The first kappa shape index (κ1) is 12.4. The number of para-hydroxylation sites is 1. The fourth-order valence-electron chi connectivity index (χ4n) is 2.20. The third-order valence-corrected chi connectivity index (χ3v) is 3.25. The number of hydrogen-bond donors (Lipinski definition) is 0.